The summed E-state index contributed by atoms with van der Waals surface area (Å²) < 4.78 is 5.34. The van der Waals surface area contributed by atoms with Crippen LogP contribution in [0.25, 0.3) is 0 Å². The van der Waals surface area contributed by atoms with Gasteiger partial charge >= 0.3 is 0 Å². The van der Waals surface area contributed by atoms with Crippen LogP contribution in [-0.2, 0) is 16.1 Å². The summed E-state index contributed by atoms with van der Waals surface area (Å²) in [6.45, 7) is 6.16. The predicted molar refractivity (Wildman–Crippen MR) is 59.4 cm³/mol. The quantitative estimate of drug-likeness (QED) is 0.816. The van der Waals surface area contributed by atoms with Gasteiger partial charge in [-0.25, -0.2) is 0 Å². The lowest BCUT2D eigenvalue weighted by atomic mass is 10.1. The highest BCUT2D eigenvalue weighted by Crippen LogP contribution is 2.12. The number of ether oxygens (including phenoxy) is 1. The van der Waals surface area contributed by atoms with Crippen molar-refractivity contribution in [1.29, 1.82) is 0 Å². The van der Waals surface area contributed by atoms with Crippen molar-refractivity contribution in [2.24, 2.45) is 5.73 Å². The van der Waals surface area contributed by atoms with Crippen molar-refractivity contribution in [3.63, 3.8) is 0 Å². The van der Waals surface area contributed by atoms with Crippen molar-refractivity contribution >= 4 is 5.91 Å². The van der Waals surface area contributed by atoms with Gasteiger partial charge in [-0.05, 0) is 31.9 Å². The van der Waals surface area contributed by atoms with Gasteiger partial charge in [-0.1, -0.05) is 23.8 Å². The van der Waals surface area contributed by atoms with Crippen molar-refractivity contribution in [1.82, 2.24) is 0 Å². The van der Waals surface area contributed by atoms with Gasteiger partial charge in [0, 0.05) is 0 Å². The van der Waals surface area contributed by atoms with Crippen LogP contribution >= 0.6 is 0 Å². The third-order valence-corrected chi connectivity index (χ3v) is 2.39. The number of rotatable bonds is 4. The number of benzene rings is 1. The van der Waals surface area contributed by atoms with E-state index in [1.807, 2.05) is 26.0 Å². The van der Waals surface area contributed by atoms with Crippen molar-refractivity contribution in [2.75, 3.05) is 0 Å². The number of aryl methyl sites for hydroxylation is 2. The maximum absolute atomic E-state index is 10.8. The number of carbonyl (C=O) groups excluding carboxylic acids is 1. The van der Waals surface area contributed by atoms with E-state index in [9.17, 15) is 4.79 Å². The largest absolute Gasteiger partial charge is 0.367 e. The zero-order valence-corrected chi connectivity index (χ0v) is 9.41. The number of hydrogen-bond acceptors (Lipinski definition) is 2. The minimum Gasteiger partial charge on any atom is -0.367 e. The third kappa shape index (κ3) is 3.36. The van der Waals surface area contributed by atoms with Gasteiger partial charge in [-0.15, -0.1) is 0 Å². The molecule has 0 aromatic heterocycles. The lowest BCUT2D eigenvalue weighted by Crippen LogP contribution is -2.28. The van der Waals surface area contributed by atoms with E-state index in [0.29, 0.717) is 6.61 Å². The van der Waals surface area contributed by atoms with Crippen LogP contribution in [0, 0.1) is 13.8 Å². The molecule has 1 atom stereocenters. The second-order valence-corrected chi connectivity index (χ2v) is 3.79. The van der Waals surface area contributed by atoms with Gasteiger partial charge in [-0.2, -0.15) is 0 Å². The van der Waals surface area contributed by atoms with Gasteiger partial charge in [0.15, 0.2) is 0 Å². The van der Waals surface area contributed by atoms with Crippen molar-refractivity contribution in [2.45, 2.75) is 33.5 Å². The number of hydrogen-bond donors (Lipinski definition) is 1. The summed E-state index contributed by atoms with van der Waals surface area (Å²) in [4.78, 5) is 10.8. The molecule has 0 heterocycles. The molecule has 3 heteroatoms. The van der Waals surface area contributed by atoms with Gasteiger partial charge in [0.1, 0.15) is 6.10 Å². The summed E-state index contributed by atoms with van der Waals surface area (Å²) in [7, 11) is 0. The number of carbonyl (C=O) groups is 1. The molecule has 0 bridgehead atoms. The van der Waals surface area contributed by atoms with E-state index in [2.05, 4.69) is 6.07 Å². The Morgan fingerprint density at radius 2 is 2.13 bits per heavy atom. The van der Waals surface area contributed by atoms with Crippen molar-refractivity contribution in [3.8, 4) is 0 Å². The first-order valence-electron chi connectivity index (χ1n) is 4.97. The number of nitrogens with two attached hydrogens (primary N) is 1. The summed E-state index contributed by atoms with van der Waals surface area (Å²) in [5, 5.41) is 0. The van der Waals surface area contributed by atoms with Gasteiger partial charge in [0.05, 0.1) is 6.61 Å². The maximum Gasteiger partial charge on any atom is 0.246 e. The van der Waals surface area contributed by atoms with Crippen molar-refractivity contribution < 1.29 is 9.53 Å². The van der Waals surface area contributed by atoms with E-state index in [4.69, 9.17) is 10.5 Å². The van der Waals surface area contributed by atoms with Gasteiger partial charge in [-0.3, -0.25) is 4.79 Å². The van der Waals surface area contributed by atoms with Crippen LogP contribution in [0.15, 0.2) is 18.2 Å². The molecular formula is C12H17NO2. The molecule has 0 saturated heterocycles. The molecular weight excluding hydrogens is 190 g/mol. The summed E-state index contributed by atoms with van der Waals surface area (Å²) in [6.07, 6.45) is -0.536. The molecule has 2 N–H and O–H groups in total. The van der Waals surface area contributed by atoms with Crippen LogP contribution in [0.5, 0.6) is 0 Å². The first-order chi connectivity index (χ1) is 7.00. The Morgan fingerprint density at radius 3 is 2.67 bits per heavy atom. The zero-order valence-electron chi connectivity index (χ0n) is 9.41. The Kier molecular flexibility index (Phi) is 3.86. The lowest BCUT2D eigenvalue weighted by Gasteiger charge is -2.11. The molecule has 0 radical (unpaired) electrons. The standard InChI is InChI=1S/C12H17NO2/c1-8-4-5-11(9(2)6-8)7-15-10(3)12(13)14/h4-6,10H,7H2,1-3H3,(H2,13,14). The van der Waals surface area contributed by atoms with Crippen LogP contribution in [0.2, 0.25) is 0 Å². The molecule has 0 aliphatic carbocycles. The summed E-state index contributed by atoms with van der Waals surface area (Å²) in [5.74, 6) is -0.431. The fraction of sp³-hybridized carbons (Fsp3) is 0.417. The average molecular weight is 207 g/mol. The molecule has 1 aromatic carbocycles. The van der Waals surface area contributed by atoms with E-state index in [1.54, 1.807) is 6.92 Å². The summed E-state index contributed by atoms with van der Waals surface area (Å²) >= 11 is 0. The smallest absolute Gasteiger partial charge is 0.246 e. The van der Waals surface area contributed by atoms with Crippen LogP contribution in [0.3, 0.4) is 0 Å². The Bertz CT molecular complexity index is 361. The Balaban J connectivity index is 2.62. The second-order valence-electron chi connectivity index (χ2n) is 3.79. The fourth-order valence-electron chi connectivity index (χ4n) is 1.30. The topological polar surface area (TPSA) is 52.3 Å². The maximum atomic E-state index is 10.8. The third-order valence-electron chi connectivity index (χ3n) is 2.39. The Morgan fingerprint density at radius 1 is 1.47 bits per heavy atom. The normalized spacial score (nSPS) is 12.5. The summed E-state index contributed by atoms with van der Waals surface area (Å²) in [5.41, 5.74) is 8.58. The van der Waals surface area contributed by atoms with Crippen molar-refractivity contribution in [3.05, 3.63) is 34.9 Å². The van der Waals surface area contributed by atoms with Crippen LogP contribution in [0.4, 0.5) is 0 Å². The second kappa shape index (κ2) is 4.94. The zero-order chi connectivity index (χ0) is 11.4. The molecule has 1 aromatic rings. The number of primary amides is 1. The van der Waals surface area contributed by atoms with E-state index >= 15 is 0 Å². The molecule has 0 aliphatic rings. The fourth-order valence-corrected chi connectivity index (χ4v) is 1.30. The predicted octanol–water partition coefficient (Wildman–Crippen LogP) is 1.69. The number of amides is 1. The van der Waals surface area contributed by atoms with Crippen LogP contribution in [0.1, 0.15) is 23.6 Å². The first kappa shape index (κ1) is 11.7. The molecule has 82 valence electrons. The minimum atomic E-state index is -0.536. The van der Waals surface area contributed by atoms with Gasteiger partial charge < -0.3 is 10.5 Å². The van der Waals surface area contributed by atoms with E-state index in [-0.39, 0.29) is 0 Å². The monoisotopic (exact) mass is 207 g/mol. The highest BCUT2D eigenvalue weighted by molar-refractivity contribution is 5.78. The molecule has 0 aliphatic heterocycles. The van der Waals surface area contributed by atoms with E-state index in [0.717, 1.165) is 5.56 Å². The van der Waals surface area contributed by atoms with E-state index < -0.39 is 12.0 Å². The molecule has 0 saturated carbocycles. The van der Waals surface area contributed by atoms with Crippen LogP contribution in [-0.4, -0.2) is 12.0 Å². The Labute approximate surface area is 90.2 Å². The highest BCUT2D eigenvalue weighted by atomic mass is 16.5. The van der Waals surface area contributed by atoms with Gasteiger partial charge in [0.2, 0.25) is 5.91 Å². The molecule has 1 unspecified atom stereocenters. The molecule has 3 nitrogen and oxygen atoms in total. The van der Waals surface area contributed by atoms with Gasteiger partial charge in [0.25, 0.3) is 0 Å². The summed E-state index contributed by atoms with van der Waals surface area (Å²) in [6, 6.07) is 6.13. The molecule has 0 spiro atoms. The first-order valence-corrected chi connectivity index (χ1v) is 4.97. The SMILES string of the molecule is Cc1ccc(COC(C)C(N)=O)c(C)c1. The molecule has 15 heavy (non-hydrogen) atoms. The molecule has 1 rings (SSSR count). The highest BCUT2D eigenvalue weighted by Gasteiger charge is 2.09. The lowest BCUT2D eigenvalue weighted by molar-refractivity contribution is -0.129. The molecule has 1 amide bonds. The van der Waals surface area contributed by atoms with Crippen LogP contribution < -0.4 is 5.73 Å². The molecule has 0 fully saturated rings. The minimum absolute atomic E-state index is 0.427. The Hall–Kier alpha value is -1.35. The average Bonchev–Trinajstić information content (AvgIpc) is 2.15. The van der Waals surface area contributed by atoms with E-state index in [1.165, 1.54) is 11.1 Å².